The van der Waals surface area contributed by atoms with E-state index in [-0.39, 0.29) is 0 Å². The smallest absolute Gasteiger partial charge is 0.456 e. The first-order chi connectivity index (χ1) is 17.0. The number of carbonyl (C=O) groups is 1. The Morgan fingerprint density at radius 3 is 0.821 bits per heavy atom. The van der Waals surface area contributed by atoms with Crippen molar-refractivity contribution in [3.63, 3.8) is 0 Å². The molecule has 0 heterocycles. The Kier molecular flexibility index (Phi) is 12.2. The summed E-state index contributed by atoms with van der Waals surface area (Å²) in [6.45, 7) is 0. The van der Waals surface area contributed by atoms with Crippen LogP contribution in [0.15, 0.2) is 0 Å². The Balaban J connectivity index is 4.04. The molecule has 1 aliphatic rings. The number of carbonyl (C=O) groups excluding carboxylic acids is 1. The molecule has 1 saturated carbocycles. The lowest BCUT2D eigenvalue weighted by atomic mass is 9.85. The van der Waals surface area contributed by atoms with Crippen molar-refractivity contribution in [2.45, 2.75) is 36.6 Å². The first kappa shape index (κ1) is 37.2. The van der Waals surface area contributed by atoms with E-state index in [9.17, 15) is 81.1 Å². The highest BCUT2D eigenvalue weighted by atomic mass is 31.2. The van der Waals surface area contributed by atoms with Gasteiger partial charge in [0, 0.05) is 0 Å². The van der Waals surface area contributed by atoms with Gasteiger partial charge in [-0.2, -0.15) is 0 Å². The summed E-state index contributed by atoms with van der Waals surface area (Å²) in [7, 11) is -35.6. The predicted octanol–water partition coefficient (Wildman–Crippen LogP) is -3.52. The SMILES string of the molecule is O=C(CP(=O)(O)O)OC1C(OP(=O)(O)O)C(OP(=O)(O)O)C(OP(=O)(O)O)C(OP(=O)(O)O)C1OP(=O)(O)O. The lowest BCUT2D eigenvalue weighted by Gasteiger charge is -2.48. The highest BCUT2D eigenvalue weighted by molar-refractivity contribution is 7.52. The van der Waals surface area contributed by atoms with Crippen molar-refractivity contribution in [2.75, 3.05) is 6.16 Å². The zero-order valence-corrected chi connectivity index (χ0v) is 23.4. The van der Waals surface area contributed by atoms with Crippen LogP contribution in [0.5, 0.6) is 0 Å². The van der Waals surface area contributed by atoms with Gasteiger partial charge in [-0.25, -0.2) is 22.8 Å². The summed E-state index contributed by atoms with van der Waals surface area (Å²) < 4.78 is 94.1. The van der Waals surface area contributed by atoms with E-state index in [1.54, 1.807) is 0 Å². The number of rotatable bonds is 13. The average molecular weight is 702 g/mol. The normalized spacial score (nSPS) is 27.8. The van der Waals surface area contributed by atoms with Gasteiger partial charge < -0.3 is 63.5 Å². The molecule has 0 bridgehead atoms. The van der Waals surface area contributed by atoms with Crippen molar-refractivity contribution in [1.82, 2.24) is 0 Å². The Bertz CT molecular complexity index is 1100. The molecular formula is C8H20O25P6. The molecular weight excluding hydrogens is 682 g/mol. The molecule has 1 aliphatic carbocycles. The zero-order chi connectivity index (χ0) is 31.0. The van der Waals surface area contributed by atoms with Gasteiger partial charge in [-0.05, 0) is 0 Å². The van der Waals surface area contributed by atoms with E-state index in [0.29, 0.717) is 0 Å². The lowest BCUT2D eigenvalue weighted by Crippen LogP contribution is -2.67. The zero-order valence-electron chi connectivity index (χ0n) is 18.0. The summed E-state index contributed by atoms with van der Waals surface area (Å²) in [5.74, 6) is -2.12. The molecule has 12 N–H and O–H groups in total. The summed E-state index contributed by atoms with van der Waals surface area (Å²) in [5, 5.41) is 0. The van der Waals surface area contributed by atoms with Gasteiger partial charge >= 0.3 is 52.7 Å². The number of hydrogen-bond acceptors (Lipinski definition) is 13. The van der Waals surface area contributed by atoms with E-state index in [2.05, 4.69) is 27.4 Å². The maximum absolute atomic E-state index is 12.1. The van der Waals surface area contributed by atoms with Crippen LogP contribution in [-0.4, -0.2) is 107 Å². The van der Waals surface area contributed by atoms with E-state index in [1.165, 1.54) is 0 Å². The molecule has 1 rings (SSSR count). The fourth-order valence-electron chi connectivity index (χ4n) is 3.01. The molecule has 0 amide bonds. The Labute approximate surface area is 214 Å². The van der Waals surface area contributed by atoms with E-state index < -0.39 is 95.5 Å². The van der Waals surface area contributed by atoms with Crippen molar-refractivity contribution in [1.29, 1.82) is 0 Å². The van der Waals surface area contributed by atoms with Crippen LogP contribution in [0.1, 0.15) is 0 Å². The van der Waals surface area contributed by atoms with E-state index >= 15 is 0 Å². The number of ether oxygens (including phenoxy) is 1. The van der Waals surface area contributed by atoms with Crippen molar-refractivity contribution in [2.24, 2.45) is 0 Å². The van der Waals surface area contributed by atoms with Crippen LogP contribution in [0, 0.1) is 0 Å². The average Bonchev–Trinajstić information content (AvgIpc) is 2.57. The van der Waals surface area contributed by atoms with Gasteiger partial charge in [0.05, 0.1) is 0 Å². The third kappa shape index (κ3) is 14.8. The molecule has 39 heavy (non-hydrogen) atoms. The minimum absolute atomic E-state index is 1.90. The summed E-state index contributed by atoms with van der Waals surface area (Å²) in [4.78, 5) is 122. The molecule has 0 aromatic rings. The largest absolute Gasteiger partial charge is 0.470 e. The highest BCUT2D eigenvalue weighted by Gasteiger charge is 2.62. The second kappa shape index (κ2) is 12.8. The monoisotopic (exact) mass is 702 g/mol. The van der Waals surface area contributed by atoms with Gasteiger partial charge in [-0.1, -0.05) is 0 Å². The number of esters is 1. The minimum atomic E-state index is -6.05. The van der Waals surface area contributed by atoms with Crippen molar-refractivity contribution in [3.05, 3.63) is 0 Å². The van der Waals surface area contributed by atoms with E-state index in [0.717, 1.165) is 0 Å². The number of phosphoric acid groups is 5. The summed E-state index contributed by atoms with van der Waals surface area (Å²) in [6, 6.07) is 0. The molecule has 0 aromatic heterocycles. The second-order valence-electron chi connectivity index (χ2n) is 7.08. The fourth-order valence-corrected chi connectivity index (χ4v) is 6.20. The maximum atomic E-state index is 12.1. The quantitative estimate of drug-likeness (QED) is 0.0653. The molecule has 31 heteroatoms. The van der Waals surface area contributed by atoms with Gasteiger partial charge in [0.1, 0.15) is 36.7 Å². The first-order valence-electron chi connectivity index (χ1n) is 8.90. The van der Waals surface area contributed by atoms with E-state index in [1.807, 2.05) is 0 Å². The topological polar surface area (TPSA) is 418 Å². The van der Waals surface area contributed by atoms with Crippen molar-refractivity contribution >= 4 is 52.7 Å². The summed E-state index contributed by atoms with van der Waals surface area (Å²) in [6.07, 6.45) is -20.7. The predicted molar refractivity (Wildman–Crippen MR) is 111 cm³/mol. The molecule has 1 fully saturated rings. The van der Waals surface area contributed by atoms with Crippen LogP contribution < -0.4 is 0 Å². The van der Waals surface area contributed by atoms with E-state index in [4.69, 9.17) is 9.79 Å². The van der Waals surface area contributed by atoms with Crippen LogP contribution >= 0.6 is 46.7 Å². The molecule has 0 radical (unpaired) electrons. The van der Waals surface area contributed by atoms with Gasteiger partial charge in [-0.15, -0.1) is 0 Å². The summed E-state index contributed by atoms with van der Waals surface area (Å²) in [5.41, 5.74) is 0. The third-order valence-electron chi connectivity index (χ3n) is 3.84. The molecule has 0 aliphatic heterocycles. The van der Waals surface area contributed by atoms with Crippen molar-refractivity contribution in [3.8, 4) is 0 Å². The molecule has 4 atom stereocenters. The van der Waals surface area contributed by atoms with Gasteiger partial charge in [0.25, 0.3) is 0 Å². The van der Waals surface area contributed by atoms with Crippen LogP contribution in [0.3, 0.4) is 0 Å². The van der Waals surface area contributed by atoms with Crippen LogP contribution in [0.4, 0.5) is 0 Å². The standard InChI is InChI=1S/C8H20O25P6/c9-2(1-34(10,11)12)28-3-4(29-35(13,14)15)6(31-37(19,20)21)8(33-39(25,26)27)7(32-38(22,23)24)5(3)30-36(16,17)18/h3-8H,1H2,(H2,10,11,12)(H2,13,14,15)(H2,16,17,18)(H2,19,20,21)(H2,22,23,24)(H2,25,26,27). The fraction of sp³-hybridized carbons (Fsp3) is 0.875. The molecule has 0 spiro atoms. The van der Waals surface area contributed by atoms with Gasteiger partial charge in [0.15, 0.2) is 6.10 Å². The third-order valence-corrected chi connectivity index (χ3v) is 7.10. The maximum Gasteiger partial charge on any atom is 0.470 e. The van der Waals surface area contributed by atoms with Crippen LogP contribution in [-0.2, 0) is 59.5 Å². The molecule has 4 unspecified atom stereocenters. The van der Waals surface area contributed by atoms with Crippen LogP contribution in [0.25, 0.3) is 0 Å². The van der Waals surface area contributed by atoms with Gasteiger partial charge in [-0.3, -0.25) is 32.0 Å². The summed E-state index contributed by atoms with van der Waals surface area (Å²) >= 11 is 0. The van der Waals surface area contributed by atoms with Crippen LogP contribution in [0.2, 0.25) is 0 Å². The number of hydrogen-bond donors (Lipinski definition) is 12. The molecule has 25 nitrogen and oxygen atoms in total. The number of phosphoric ester groups is 5. The second-order valence-corrected chi connectivity index (χ2v) is 14.7. The van der Waals surface area contributed by atoms with Gasteiger partial charge in [0.2, 0.25) is 0 Å². The minimum Gasteiger partial charge on any atom is -0.456 e. The first-order valence-corrected chi connectivity index (χ1v) is 18.3. The molecule has 0 saturated heterocycles. The van der Waals surface area contributed by atoms with Crippen molar-refractivity contribution < 1.29 is 118 Å². The Morgan fingerprint density at radius 1 is 0.436 bits per heavy atom. The Hall–Kier alpha value is 0.170. The molecule has 0 aromatic carbocycles. The Morgan fingerprint density at radius 2 is 0.641 bits per heavy atom. The lowest BCUT2D eigenvalue weighted by molar-refractivity contribution is -0.218. The molecule has 232 valence electrons. The highest BCUT2D eigenvalue weighted by Crippen LogP contribution is 2.55.